The third kappa shape index (κ3) is 3.88. The minimum Gasteiger partial charge on any atom is -0.409 e. The second-order valence-corrected chi connectivity index (χ2v) is 5.87. The predicted molar refractivity (Wildman–Crippen MR) is 68.4 cm³/mol. The molecule has 0 saturated heterocycles. The summed E-state index contributed by atoms with van der Waals surface area (Å²) >= 11 is 0. The van der Waals surface area contributed by atoms with Gasteiger partial charge in [-0.2, -0.15) is 17.4 Å². The number of oxime groups is 1. The topological polar surface area (TPSA) is 108 Å². The van der Waals surface area contributed by atoms with Gasteiger partial charge in [0, 0.05) is 31.8 Å². The van der Waals surface area contributed by atoms with Gasteiger partial charge in [-0.3, -0.25) is 0 Å². The highest BCUT2D eigenvalue weighted by atomic mass is 32.2. The molecule has 0 atom stereocenters. The number of halogens is 1. The first-order valence-corrected chi connectivity index (χ1v) is 6.65. The summed E-state index contributed by atoms with van der Waals surface area (Å²) in [5, 5.41) is 11.2. The number of benzene rings is 1. The second kappa shape index (κ2) is 5.95. The first kappa shape index (κ1) is 15.3. The molecule has 1 aromatic rings. The lowest BCUT2D eigenvalue weighted by molar-refractivity contribution is 0.318. The molecule has 1 rings (SSSR count). The van der Waals surface area contributed by atoms with E-state index in [-0.39, 0.29) is 23.5 Å². The van der Waals surface area contributed by atoms with Crippen LogP contribution in [0.2, 0.25) is 0 Å². The molecular formula is C10H15FN4O3S. The molecule has 19 heavy (non-hydrogen) atoms. The lowest BCUT2D eigenvalue weighted by atomic mass is 10.1. The van der Waals surface area contributed by atoms with E-state index in [0.717, 1.165) is 10.4 Å². The molecule has 4 N–H and O–H groups in total. The molecule has 0 aliphatic heterocycles. The lowest BCUT2D eigenvalue weighted by Crippen LogP contribution is -2.35. The predicted octanol–water partition coefficient (Wildman–Crippen LogP) is -0.184. The van der Waals surface area contributed by atoms with E-state index in [1.54, 1.807) is 0 Å². The standard InChI is InChI=1S/C10H15FN4O3S/c1-15(2)19(17,18)13-6-8-4-3-7(5-9(8)11)10(12)14-16/h3-5,13,16H,6H2,1-2H3,(H2,12,14). The van der Waals surface area contributed by atoms with Crippen LogP contribution in [0.15, 0.2) is 23.4 Å². The highest BCUT2D eigenvalue weighted by Gasteiger charge is 2.14. The van der Waals surface area contributed by atoms with E-state index >= 15 is 0 Å². The fourth-order valence-corrected chi connectivity index (χ4v) is 1.80. The van der Waals surface area contributed by atoms with E-state index in [1.165, 1.54) is 26.2 Å². The molecule has 0 aliphatic rings. The van der Waals surface area contributed by atoms with Crippen LogP contribution in [0.5, 0.6) is 0 Å². The molecule has 0 amide bonds. The van der Waals surface area contributed by atoms with Crippen molar-refractivity contribution < 1.29 is 18.0 Å². The van der Waals surface area contributed by atoms with Crippen molar-refractivity contribution in [2.45, 2.75) is 6.54 Å². The van der Waals surface area contributed by atoms with Gasteiger partial charge in [0.15, 0.2) is 5.84 Å². The minimum atomic E-state index is -3.62. The van der Waals surface area contributed by atoms with Crippen LogP contribution in [0, 0.1) is 5.82 Å². The van der Waals surface area contributed by atoms with Crippen LogP contribution >= 0.6 is 0 Å². The molecule has 0 heterocycles. The van der Waals surface area contributed by atoms with E-state index in [1.807, 2.05) is 0 Å². The molecule has 0 spiro atoms. The summed E-state index contributed by atoms with van der Waals surface area (Å²) in [6, 6.07) is 3.85. The van der Waals surface area contributed by atoms with Gasteiger partial charge in [-0.05, 0) is 6.07 Å². The Bertz CT molecular complexity index is 586. The van der Waals surface area contributed by atoms with Crippen LogP contribution in [-0.2, 0) is 16.8 Å². The van der Waals surface area contributed by atoms with E-state index in [0.29, 0.717) is 0 Å². The molecule has 0 radical (unpaired) electrons. The van der Waals surface area contributed by atoms with E-state index < -0.39 is 16.0 Å². The first-order chi connectivity index (χ1) is 8.77. The summed E-state index contributed by atoms with van der Waals surface area (Å²) in [4.78, 5) is 0. The maximum absolute atomic E-state index is 13.7. The fourth-order valence-electron chi connectivity index (χ4n) is 1.21. The number of nitrogens with zero attached hydrogens (tertiary/aromatic N) is 2. The number of nitrogens with one attached hydrogen (secondary N) is 1. The normalized spacial score (nSPS) is 12.9. The first-order valence-electron chi connectivity index (χ1n) is 5.21. The molecule has 7 nitrogen and oxygen atoms in total. The van der Waals surface area contributed by atoms with Gasteiger partial charge < -0.3 is 10.9 Å². The average molecular weight is 290 g/mol. The van der Waals surface area contributed by atoms with Crippen LogP contribution in [0.1, 0.15) is 11.1 Å². The Morgan fingerprint density at radius 3 is 2.63 bits per heavy atom. The van der Waals surface area contributed by atoms with Gasteiger partial charge in [-0.1, -0.05) is 17.3 Å². The van der Waals surface area contributed by atoms with Crippen LogP contribution < -0.4 is 10.5 Å². The van der Waals surface area contributed by atoms with Gasteiger partial charge in [-0.25, -0.2) is 4.39 Å². The van der Waals surface area contributed by atoms with Gasteiger partial charge in [0.05, 0.1) is 0 Å². The van der Waals surface area contributed by atoms with Gasteiger partial charge in [0.2, 0.25) is 0 Å². The van der Waals surface area contributed by atoms with Crippen molar-refractivity contribution in [2.24, 2.45) is 10.9 Å². The molecular weight excluding hydrogens is 275 g/mol. The molecule has 0 aromatic heterocycles. The van der Waals surface area contributed by atoms with Crippen molar-refractivity contribution >= 4 is 16.0 Å². The Morgan fingerprint density at radius 2 is 2.16 bits per heavy atom. The molecule has 0 aliphatic carbocycles. The fraction of sp³-hybridized carbons (Fsp3) is 0.300. The summed E-state index contributed by atoms with van der Waals surface area (Å²) in [6.07, 6.45) is 0. The average Bonchev–Trinajstić information content (AvgIpc) is 2.36. The largest absolute Gasteiger partial charge is 0.409 e. The van der Waals surface area contributed by atoms with E-state index in [9.17, 15) is 12.8 Å². The lowest BCUT2D eigenvalue weighted by Gasteiger charge is -2.12. The smallest absolute Gasteiger partial charge is 0.279 e. The zero-order chi connectivity index (χ0) is 14.6. The summed E-state index contributed by atoms with van der Waals surface area (Å²) in [7, 11) is -0.893. The third-order valence-electron chi connectivity index (χ3n) is 2.38. The SMILES string of the molecule is CN(C)S(=O)(=O)NCc1ccc(C(N)=NO)cc1F. The maximum Gasteiger partial charge on any atom is 0.279 e. The number of hydrogen-bond donors (Lipinski definition) is 3. The van der Waals surface area contributed by atoms with Crippen molar-refractivity contribution in [2.75, 3.05) is 14.1 Å². The second-order valence-electron chi connectivity index (χ2n) is 3.90. The molecule has 0 unspecified atom stereocenters. The molecule has 0 saturated carbocycles. The molecule has 106 valence electrons. The van der Waals surface area contributed by atoms with Gasteiger partial charge in [-0.15, -0.1) is 0 Å². The zero-order valence-electron chi connectivity index (χ0n) is 10.5. The summed E-state index contributed by atoms with van der Waals surface area (Å²) < 4.78 is 39.8. The van der Waals surface area contributed by atoms with Crippen LogP contribution in [0.3, 0.4) is 0 Å². The molecule has 0 fully saturated rings. The quantitative estimate of drug-likeness (QED) is 0.302. The van der Waals surface area contributed by atoms with Crippen molar-refractivity contribution in [1.82, 2.24) is 9.03 Å². The van der Waals surface area contributed by atoms with Crippen molar-refractivity contribution in [3.8, 4) is 0 Å². The summed E-state index contributed by atoms with van der Waals surface area (Å²) in [5.74, 6) is -0.870. The van der Waals surface area contributed by atoms with Gasteiger partial charge >= 0.3 is 0 Å². The van der Waals surface area contributed by atoms with Crippen molar-refractivity contribution in [3.63, 3.8) is 0 Å². The van der Waals surface area contributed by atoms with Crippen LogP contribution in [0.4, 0.5) is 4.39 Å². The minimum absolute atomic E-state index is 0.153. The Hall–Kier alpha value is -1.71. The summed E-state index contributed by atoms with van der Waals surface area (Å²) in [5.41, 5.74) is 5.67. The summed E-state index contributed by atoms with van der Waals surface area (Å²) in [6.45, 7) is -0.192. The Labute approximate surface area is 110 Å². The molecule has 9 heteroatoms. The Kier molecular flexibility index (Phi) is 4.81. The van der Waals surface area contributed by atoms with Crippen LogP contribution in [0.25, 0.3) is 0 Å². The third-order valence-corrected chi connectivity index (χ3v) is 3.85. The van der Waals surface area contributed by atoms with Gasteiger partial charge in [0.25, 0.3) is 10.2 Å². The van der Waals surface area contributed by atoms with Crippen molar-refractivity contribution in [1.29, 1.82) is 0 Å². The Morgan fingerprint density at radius 1 is 1.53 bits per heavy atom. The highest BCUT2D eigenvalue weighted by molar-refractivity contribution is 7.87. The number of rotatable bonds is 5. The number of amidine groups is 1. The van der Waals surface area contributed by atoms with Gasteiger partial charge in [0.1, 0.15) is 5.82 Å². The molecule has 0 bridgehead atoms. The van der Waals surface area contributed by atoms with E-state index in [4.69, 9.17) is 10.9 Å². The zero-order valence-corrected chi connectivity index (χ0v) is 11.3. The maximum atomic E-state index is 13.7. The van der Waals surface area contributed by atoms with Crippen molar-refractivity contribution in [3.05, 3.63) is 35.1 Å². The number of nitrogens with two attached hydrogens (primary N) is 1. The monoisotopic (exact) mass is 290 g/mol. The van der Waals surface area contributed by atoms with E-state index in [2.05, 4.69) is 9.88 Å². The number of hydrogen-bond acceptors (Lipinski definition) is 4. The Balaban J connectivity index is 2.88. The molecule has 1 aromatic carbocycles. The van der Waals surface area contributed by atoms with Crippen LogP contribution in [-0.4, -0.2) is 37.9 Å². The highest BCUT2D eigenvalue weighted by Crippen LogP contribution is 2.11.